The van der Waals surface area contributed by atoms with E-state index in [1.165, 1.54) is 55.3 Å². The van der Waals surface area contributed by atoms with Crippen LogP contribution in [0.5, 0.6) is 0 Å². The Morgan fingerprint density at radius 2 is 1.42 bits per heavy atom. The van der Waals surface area contributed by atoms with Crippen LogP contribution in [-0.4, -0.2) is 0 Å². The lowest BCUT2D eigenvalue weighted by Crippen LogP contribution is -2.00. The molecule has 0 heteroatoms. The highest BCUT2D eigenvalue weighted by molar-refractivity contribution is 6.04. The second-order valence-corrected chi connectivity index (χ2v) is 6.76. The van der Waals surface area contributed by atoms with E-state index in [1.807, 2.05) is 39.8 Å². The first kappa shape index (κ1) is 30.6. The summed E-state index contributed by atoms with van der Waals surface area (Å²) in [7, 11) is 0. The maximum absolute atomic E-state index is 4.09. The molecule has 170 valence electrons. The number of hydrogen-bond acceptors (Lipinski definition) is 0. The summed E-state index contributed by atoms with van der Waals surface area (Å²) in [6.45, 7) is 29.0. The number of allylic oxidation sites excluding steroid dienone is 6. The highest BCUT2D eigenvalue weighted by atomic mass is 14.2. The van der Waals surface area contributed by atoms with Gasteiger partial charge in [-0.2, -0.15) is 0 Å². The molecule has 2 aromatic carbocycles. The second-order valence-electron chi connectivity index (χ2n) is 6.76. The van der Waals surface area contributed by atoms with Crippen molar-refractivity contribution >= 4 is 28.5 Å². The summed E-state index contributed by atoms with van der Waals surface area (Å²) in [4.78, 5) is 0. The van der Waals surface area contributed by atoms with Crippen LogP contribution in [0.4, 0.5) is 0 Å². The molecule has 0 N–H and O–H groups in total. The standard InChI is InChI=1S/C26H30.2C2H6.CH4/c1-9-13-22(17(5)11-3)25-18(6)15-16-24-19(7)23(14-10-2)21(12-4)20(8)26(24)25;2*1-2;/h9-16H,3-4H2,1-2,5-8H3;2*1-2H3;1H4/b13-9-,14-10-,22-17+;;;. The Labute approximate surface area is 193 Å². The Hall–Kier alpha value is -2.60. The van der Waals surface area contributed by atoms with Gasteiger partial charge in [-0.15, -0.1) is 0 Å². The zero-order chi connectivity index (χ0) is 23.4. The lowest BCUT2D eigenvalue weighted by Gasteiger charge is -2.21. The Morgan fingerprint density at radius 1 is 0.839 bits per heavy atom. The van der Waals surface area contributed by atoms with E-state index < -0.39 is 0 Å². The van der Waals surface area contributed by atoms with E-state index in [9.17, 15) is 0 Å². The number of fused-ring (bicyclic) bond motifs is 1. The van der Waals surface area contributed by atoms with Crippen molar-refractivity contribution in [1.29, 1.82) is 0 Å². The van der Waals surface area contributed by atoms with E-state index in [4.69, 9.17) is 0 Å². The van der Waals surface area contributed by atoms with Gasteiger partial charge in [0.25, 0.3) is 0 Å². The molecule has 0 aliphatic rings. The topological polar surface area (TPSA) is 0 Å². The zero-order valence-electron chi connectivity index (χ0n) is 21.0. The zero-order valence-corrected chi connectivity index (χ0v) is 21.0. The lowest BCUT2D eigenvalue weighted by atomic mass is 9.83. The molecule has 0 aromatic heterocycles. The molecular formula is C31H46. The smallest absolute Gasteiger partial charge is 0.00643 e. The first-order valence-corrected chi connectivity index (χ1v) is 11.2. The minimum absolute atomic E-state index is 0. The number of aryl methyl sites for hydroxylation is 3. The summed E-state index contributed by atoms with van der Waals surface area (Å²) in [5, 5.41) is 2.63. The van der Waals surface area contributed by atoms with Gasteiger partial charge in [-0.05, 0) is 96.8 Å². The van der Waals surface area contributed by atoms with Crippen molar-refractivity contribution in [2.45, 2.75) is 76.7 Å². The predicted octanol–water partition coefficient (Wildman–Crippen LogP) is 10.7. The molecule has 0 amide bonds. The summed E-state index contributed by atoms with van der Waals surface area (Å²) in [5.74, 6) is 0. The van der Waals surface area contributed by atoms with Crippen LogP contribution in [0.25, 0.3) is 28.5 Å². The molecule has 0 radical (unpaired) electrons. The Morgan fingerprint density at radius 3 is 1.87 bits per heavy atom. The van der Waals surface area contributed by atoms with Gasteiger partial charge in [-0.25, -0.2) is 0 Å². The average Bonchev–Trinajstić information content (AvgIpc) is 2.78. The third kappa shape index (κ3) is 6.44. The predicted molar refractivity (Wildman–Crippen MR) is 150 cm³/mol. The first-order valence-electron chi connectivity index (χ1n) is 11.2. The minimum Gasteiger partial charge on any atom is -0.0988 e. The van der Waals surface area contributed by atoms with Crippen LogP contribution >= 0.6 is 0 Å². The van der Waals surface area contributed by atoms with Gasteiger partial charge in [0.05, 0.1) is 0 Å². The van der Waals surface area contributed by atoms with Gasteiger partial charge >= 0.3 is 0 Å². The largest absolute Gasteiger partial charge is 0.0988 e. The SMILES string of the molecule is C.C=C/C(C)=C(\C=C/C)c1c(C)ccc2c(C)c(/C=C\C)c(C=C)c(C)c12.CC.CC. The fourth-order valence-corrected chi connectivity index (χ4v) is 3.77. The van der Waals surface area contributed by atoms with E-state index in [0.717, 1.165) is 0 Å². The van der Waals surface area contributed by atoms with Crippen LogP contribution in [0, 0.1) is 20.8 Å². The molecule has 0 saturated carbocycles. The molecule has 0 unspecified atom stereocenters. The van der Waals surface area contributed by atoms with Crippen LogP contribution in [0.1, 0.15) is 89.3 Å². The highest BCUT2D eigenvalue weighted by Gasteiger charge is 2.17. The van der Waals surface area contributed by atoms with E-state index >= 15 is 0 Å². The van der Waals surface area contributed by atoms with Crippen LogP contribution in [0.3, 0.4) is 0 Å². The van der Waals surface area contributed by atoms with E-state index in [2.05, 4.69) is 91.1 Å². The van der Waals surface area contributed by atoms with Crippen LogP contribution in [-0.2, 0) is 0 Å². The maximum Gasteiger partial charge on any atom is -0.00643 e. The summed E-state index contributed by atoms with van der Waals surface area (Å²) >= 11 is 0. The van der Waals surface area contributed by atoms with Crippen molar-refractivity contribution in [3.8, 4) is 0 Å². The summed E-state index contributed by atoms with van der Waals surface area (Å²) in [6, 6.07) is 4.49. The molecule has 0 atom stereocenters. The molecule has 0 bridgehead atoms. The molecule has 0 aliphatic heterocycles. The number of rotatable bonds is 5. The first-order chi connectivity index (χ1) is 14.4. The lowest BCUT2D eigenvalue weighted by molar-refractivity contribution is 1.37. The Bertz CT molecular complexity index is 960. The fraction of sp³-hybridized carbons (Fsp3) is 0.355. The van der Waals surface area contributed by atoms with Gasteiger partial charge in [0.2, 0.25) is 0 Å². The number of hydrogen-bond donors (Lipinski definition) is 0. The summed E-state index contributed by atoms with van der Waals surface area (Å²) in [5.41, 5.74) is 10.1. The van der Waals surface area contributed by atoms with Crippen molar-refractivity contribution < 1.29 is 0 Å². The molecule has 0 fully saturated rings. The highest BCUT2D eigenvalue weighted by Crippen LogP contribution is 2.39. The molecule has 31 heavy (non-hydrogen) atoms. The fourth-order valence-electron chi connectivity index (χ4n) is 3.77. The molecule has 2 aromatic rings. The molecule has 0 aliphatic carbocycles. The van der Waals surface area contributed by atoms with Crippen molar-refractivity contribution in [3.05, 3.63) is 88.5 Å². The number of benzene rings is 2. The van der Waals surface area contributed by atoms with Gasteiger partial charge in [0, 0.05) is 0 Å². The van der Waals surface area contributed by atoms with Gasteiger partial charge in [-0.1, -0.05) is 96.9 Å². The molecular weight excluding hydrogens is 372 g/mol. The molecule has 0 heterocycles. The van der Waals surface area contributed by atoms with Crippen molar-refractivity contribution in [2.24, 2.45) is 0 Å². The third-order valence-electron chi connectivity index (χ3n) is 5.16. The molecule has 0 saturated heterocycles. The monoisotopic (exact) mass is 418 g/mol. The third-order valence-corrected chi connectivity index (χ3v) is 5.16. The van der Waals surface area contributed by atoms with Gasteiger partial charge in [0.1, 0.15) is 0 Å². The van der Waals surface area contributed by atoms with Crippen LogP contribution < -0.4 is 0 Å². The maximum atomic E-state index is 4.09. The van der Waals surface area contributed by atoms with Gasteiger partial charge in [0.15, 0.2) is 0 Å². The Balaban J connectivity index is 0. The molecule has 0 nitrogen and oxygen atoms in total. The quantitative estimate of drug-likeness (QED) is 0.423. The average molecular weight is 419 g/mol. The van der Waals surface area contributed by atoms with Crippen molar-refractivity contribution in [1.82, 2.24) is 0 Å². The normalized spacial score (nSPS) is 11.2. The van der Waals surface area contributed by atoms with Gasteiger partial charge < -0.3 is 0 Å². The van der Waals surface area contributed by atoms with Gasteiger partial charge in [-0.3, -0.25) is 0 Å². The molecule has 0 spiro atoms. The van der Waals surface area contributed by atoms with E-state index in [-0.39, 0.29) is 7.43 Å². The minimum atomic E-state index is 0. The van der Waals surface area contributed by atoms with E-state index in [1.54, 1.807) is 0 Å². The summed E-state index contributed by atoms with van der Waals surface area (Å²) in [6.07, 6.45) is 12.5. The van der Waals surface area contributed by atoms with E-state index in [0.29, 0.717) is 0 Å². The van der Waals surface area contributed by atoms with Crippen LogP contribution in [0.15, 0.2) is 55.2 Å². The Kier molecular flexibility index (Phi) is 15.0. The summed E-state index contributed by atoms with van der Waals surface area (Å²) < 4.78 is 0. The van der Waals surface area contributed by atoms with Crippen molar-refractivity contribution in [2.75, 3.05) is 0 Å². The van der Waals surface area contributed by atoms with Crippen LogP contribution in [0.2, 0.25) is 0 Å². The van der Waals surface area contributed by atoms with Crippen molar-refractivity contribution in [3.63, 3.8) is 0 Å². The second kappa shape index (κ2) is 15.2. The molecule has 2 rings (SSSR count).